The highest BCUT2D eigenvalue weighted by molar-refractivity contribution is 7.43. The van der Waals surface area contributed by atoms with Gasteiger partial charge in [0.05, 0.1) is 13.7 Å². The highest BCUT2D eigenvalue weighted by Crippen LogP contribution is 2.29. The van der Waals surface area contributed by atoms with E-state index in [1.54, 1.807) is 0 Å². The second-order valence-corrected chi connectivity index (χ2v) is 42.7. The second kappa shape index (κ2) is 5.84. The topological polar surface area (TPSA) is 23.8 Å². The van der Waals surface area contributed by atoms with Crippen molar-refractivity contribution in [3.63, 3.8) is 0 Å². The van der Waals surface area contributed by atoms with Gasteiger partial charge < -0.3 is 0 Å². The fourth-order valence-corrected chi connectivity index (χ4v) is 9.78. The quantitative estimate of drug-likeness (QED) is 0.501. The third-order valence-corrected chi connectivity index (χ3v) is 41.1. The molecule has 0 aromatic heterocycles. The number of hydrogen-bond acceptors (Lipinski definition) is 1. The molecule has 110 valence electrons. The first-order chi connectivity index (χ1) is 8.17. The molecule has 0 spiro atoms. The van der Waals surface area contributed by atoms with Crippen LogP contribution in [-0.4, -0.2) is 30.4 Å². The summed E-state index contributed by atoms with van der Waals surface area (Å²) >= 11 is 0. The van der Waals surface area contributed by atoms with Crippen LogP contribution in [0, 0.1) is 11.3 Å². The van der Waals surface area contributed by atoms with Gasteiger partial charge in [-0.05, 0) is 6.04 Å². The van der Waals surface area contributed by atoms with E-state index in [2.05, 4.69) is 77.6 Å². The number of nitriles is 1. The molecule has 0 aliphatic carbocycles. The Kier molecular flexibility index (Phi) is 5.87. The SMILES string of the molecule is C[Si](C)(C)[Si](C)(C)C/C=C(\C#N)[Si](C)(C)[Si](C)(C)C. The van der Waals surface area contributed by atoms with Crippen LogP contribution in [-0.2, 0) is 0 Å². The predicted octanol–water partition coefficient (Wildman–Crippen LogP) is 5.23. The van der Waals surface area contributed by atoms with Gasteiger partial charge >= 0.3 is 0 Å². The third-order valence-electron chi connectivity index (χ3n) is 5.52. The van der Waals surface area contributed by atoms with E-state index in [0.29, 0.717) is 0 Å². The van der Waals surface area contributed by atoms with Gasteiger partial charge in [-0.25, -0.2) is 0 Å². The van der Waals surface area contributed by atoms with Gasteiger partial charge in [-0.2, -0.15) is 5.26 Å². The van der Waals surface area contributed by atoms with Crippen LogP contribution in [0.5, 0.6) is 0 Å². The summed E-state index contributed by atoms with van der Waals surface area (Å²) in [6, 6.07) is 3.77. The van der Waals surface area contributed by atoms with E-state index in [0.717, 1.165) is 0 Å². The van der Waals surface area contributed by atoms with Crippen molar-refractivity contribution in [3.05, 3.63) is 11.3 Å². The summed E-state index contributed by atoms with van der Waals surface area (Å²) in [5.74, 6) is 0. The average Bonchev–Trinajstić information content (AvgIpc) is 2.14. The molecule has 0 radical (unpaired) electrons. The number of nitrogens with zero attached hydrogens (tertiary/aromatic N) is 1. The zero-order valence-corrected chi connectivity index (χ0v) is 18.7. The molecule has 0 aromatic carbocycles. The summed E-state index contributed by atoms with van der Waals surface area (Å²) in [4.78, 5) is 0. The molecular formula is C14H33NSi4. The zero-order chi connectivity index (χ0) is 15.7. The normalized spacial score (nSPS) is 15.3. The van der Waals surface area contributed by atoms with Gasteiger partial charge in [-0.1, -0.05) is 71.5 Å². The molecule has 0 unspecified atom stereocenters. The van der Waals surface area contributed by atoms with Crippen molar-refractivity contribution in [2.45, 2.75) is 71.5 Å². The first-order valence-corrected chi connectivity index (χ1v) is 22.5. The minimum Gasteiger partial charge on any atom is -0.193 e. The van der Waals surface area contributed by atoms with Gasteiger partial charge in [0, 0.05) is 28.0 Å². The fourth-order valence-electron chi connectivity index (χ4n) is 1.51. The van der Waals surface area contributed by atoms with Gasteiger partial charge in [0.2, 0.25) is 0 Å². The smallest absolute Gasteiger partial charge is 0.0894 e. The number of rotatable bonds is 5. The standard InChI is InChI=1S/C14H33NSi4/c1-16(2,3)18(7,8)12-11-14(13-15)19(9,10)17(4,5)6/h11H,12H2,1-10H3/b14-11+. The van der Waals surface area contributed by atoms with Crippen LogP contribution in [0.25, 0.3) is 0 Å². The van der Waals surface area contributed by atoms with Gasteiger partial charge in [0.1, 0.15) is 0 Å². The summed E-state index contributed by atoms with van der Waals surface area (Å²) in [6.45, 7) is 24.5. The Morgan fingerprint density at radius 3 is 1.53 bits per heavy atom. The molecule has 0 bridgehead atoms. The van der Waals surface area contributed by atoms with E-state index in [1.807, 2.05) is 0 Å². The Labute approximate surface area is 124 Å². The van der Waals surface area contributed by atoms with Crippen LogP contribution < -0.4 is 0 Å². The molecule has 0 saturated heterocycles. The van der Waals surface area contributed by atoms with Crippen LogP contribution in [0.15, 0.2) is 11.3 Å². The first-order valence-electron chi connectivity index (χ1n) is 7.27. The summed E-state index contributed by atoms with van der Waals surface area (Å²) in [7, 11) is -4.98. The van der Waals surface area contributed by atoms with E-state index in [1.165, 1.54) is 11.2 Å². The third kappa shape index (κ3) is 4.55. The summed E-state index contributed by atoms with van der Waals surface area (Å²) in [6.07, 6.45) is 2.36. The minimum absolute atomic E-state index is 1.06. The van der Waals surface area contributed by atoms with Crippen LogP contribution in [0.2, 0.25) is 71.5 Å². The van der Waals surface area contributed by atoms with E-state index < -0.39 is 30.4 Å². The molecule has 19 heavy (non-hydrogen) atoms. The summed E-state index contributed by atoms with van der Waals surface area (Å²) < 4.78 is 0. The number of allylic oxidation sites excluding steroid dienone is 2. The second-order valence-electron chi connectivity index (χ2n) is 8.94. The number of hydrogen-bond donors (Lipinski definition) is 0. The predicted molar refractivity (Wildman–Crippen MR) is 100 cm³/mol. The molecule has 0 aliphatic heterocycles. The molecule has 0 heterocycles. The molecule has 0 saturated carbocycles. The van der Waals surface area contributed by atoms with E-state index in [4.69, 9.17) is 0 Å². The van der Waals surface area contributed by atoms with Gasteiger partial charge in [0.15, 0.2) is 0 Å². The van der Waals surface area contributed by atoms with E-state index in [9.17, 15) is 5.26 Å². The summed E-state index contributed by atoms with van der Waals surface area (Å²) in [5, 5.41) is 10.8. The average molecular weight is 328 g/mol. The summed E-state index contributed by atoms with van der Waals surface area (Å²) in [5.41, 5.74) is 0. The van der Waals surface area contributed by atoms with Crippen molar-refractivity contribution < 1.29 is 0 Å². The molecule has 0 N–H and O–H groups in total. The molecule has 0 fully saturated rings. The van der Waals surface area contributed by atoms with Gasteiger partial charge in [-0.3, -0.25) is 0 Å². The Hall–Kier alpha value is 0.0975. The molecule has 0 atom stereocenters. The lowest BCUT2D eigenvalue weighted by atomic mass is 10.5. The lowest BCUT2D eigenvalue weighted by molar-refractivity contribution is 1.47. The zero-order valence-electron chi connectivity index (χ0n) is 14.7. The Morgan fingerprint density at radius 1 is 0.842 bits per heavy atom. The fraction of sp³-hybridized carbons (Fsp3) is 0.786. The van der Waals surface area contributed by atoms with Gasteiger partial charge in [-0.15, -0.1) is 0 Å². The van der Waals surface area contributed by atoms with E-state index in [-0.39, 0.29) is 0 Å². The first kappa shape index (κ1) is 19.1. The van der Waals surface area contributed by atoms with Gasteiger partial charge in [0.25, 0.3) is 0 Å². The molecule has 0 aromatic rings. The lowest BCUT2D eigenvalue weighted by Crippen LogP contribution is -2.54. The Balaban J connectivity index is 5.34. The maximum Gasteiger partial charge on any atom is 0.0894 e. The molecule has 0 aliphatic rings. The minimum atomic E-state index is -1.52. The highest BCUT2D eigenvalue weighted by atomic mass is 29.3. The Bertz CT molecular complexity index is 389. The lowest BCUT2D eigenvalue weighted by Gasteiger charge is -2.37. The molecular weight excluding hydrogens is 295 g/mol. The van der Waals surface area contributed by atoms with Crippen LogP contribution in [0.1, 0.15) is 0 Å². The maximum absolute atomic E-state index is 9.59. The highest BCUT2D eigenvalue weighted by Gasteiger charge is 2.41. The van der Waals surface area contributed by atoms with Crippen molar-refractivity contribution in [3.8, 4) is 6.07 Å². The largest absolute Gasteiger partial charge is 0.193 e. The van der Waals surface area contributed by atoms with Crippen LogP contribution in [0.4, 0.5) is 0 Å². The monoisotopic (exact) mass is 327 g/mol. The Morgan fingerprint density at radius 2 is 1.26 bits per heavy atom. The van der Waals surface area contributed by atoms with E-state index >= 15 is 0 Å². The molecule has 0 amide bonds. The molecule has 0 rings (SSSR count). The van der Waals surface area contributed by atoms with Crippen molar-refractivity contribution >= 4 is 30.4 Å². The van der Waals surface area contributed by atoms with Crippen molar-refractivity contribution in [1.29, 1.82) is 5.26 Å². The van der Waals surface area contributed by atoms with Crippen molar-refractivity contribution in [1.82, 2.24) is 0 Å². The van der Waals surface area contributed by atoms with Crippen molar-refractivity contribution in [2.75, 3.05) is 0 Å². The molecule has 1 nitrogen and oxygen atoms in total. The maximum atomic E-state index is 9.59. The van der Waals surface area contributed by atoms with Crippen LogP contribution >= 0.6 is 0 Å². The molecule has 5 heteroatoms. The van der Waals surface area contributed by atoms with Crippen LogP contribution in [0.3, 0.4) is 0 Å². The van der Waals surface area contributed by atoms with Crippen molar-refractivity contribution in [2.24, 2.45) is 0 Å².